The van der Waals surface area contributed by atoms with Crippen molar-refractivity contribution >= 4 is 69.3 Å². The van der Waals surface area contributed by atoms with Crippen LogP contribution >= 0.6 is 57.7 Å². The van der Waals surface area contributed by atoms with Crippen LogP contribution in [0.2, 0.25) is 20.2 Å². The maximum absolute atomic E-state index is 12.6. The third kappa shape index (κ3) is 3.39. The number of pyridine rings is 1. The van der Waals surface area contributed by atoms with Gasteiger partial charge in [-0.3, -0.25) is 4.79 Å². The zero-order valence-corrected chi connectivity index (χ0v) is 15.7. The Balaban J connectivity index is 1.98. The quantitative estimate of drug-likeness (QED) is 0.483. The number of carbonyl (C=O) groups excluding carboxylic acids is 1. The average molecular weight is 418 g/mol. The van der Waals surface area contributed by atoms with Gasteiger partial charge >= 0.3 is 0 Å². The molecule has 1 amide bonds. The van der Waals surface area contributed by atoms with Gasteiger partial charge in [-0.25, -0.2) is 4.98 Å². The normalized spacial score (nSPS) is 10.7. The van der Waals surface area contributed by atoms with E-state index < -0.39 is 5.91 Å². The summed E-state index contributed by atoms with van der Waals surface area (Å²) in [6.45, 7) is 0. The number of nitrogens with zero attached hydrogens (tertiary/aromatic N) is 1. The molecule has 0 spiro atoms. The predicted molar refractivity (Wildman–Crippen MR) is 102 cm³/mol. The number of rotatable bonds is 3. The molecule has 2 heterocycles. The highest BCUT2D eigenvalue weighted by Gasteiger charge is 2.21. The van der Waals surface area contributed by atoms with E-state index >= 15 is 0 Å². The van der Waals surface area contributed by atoms with Crippen LogP contribution in [0.5, 0.6) is 0 Å². The number of anilines is 1. The molecule has 0 bridgehead atoms. The smallest absolute Gasteiger partial charge is 0.275 e. The van der Waals surface area contributed by atoms with Crippen molar-refractivity contribution in [1.29, 1.82) is 0 Å². The van der Waals surface area contributed by atoms with Crippen molar-refractivity contribution in [2.75, 3.05) is 5.32 Å². The fraction of sp³-hybridized carbons (Fsp3) is 0. The van der Waals surface area contributed by atoms with Gasteiger partial charge in [-0.05, 0) is 17.5 Å². The van der Waals surface area contributed by atoms with Gasteiger partial charge in [0.1, 0.15) is 10.8 Å². The molecule has 0 saturated heterocycles. The summed E-state index contributed by atoms with van der Waals surface area (Å²) < 4.78 is 0. The van der Waals surface area contributed by atoms with E-state index in [1.807, 2.05) is 35.7 Å². The molecule has 0 aliphatic heterocycles. The standard InChI is InChI=1S/C16H8Cl4N2OS/c17-11-12(18)14(22-15(20)13(11)19)16(23)21-9-5-2-1-4-8(9)10-6-3-7-24-10/h1-7H,(H,21,23). The monoisotopic (exact) mass is 416 g/mol. The molecule has 3 aromatic rings. The molecule has 3 rings (SSSR count). The maximum Gasteiger partial charge on any atom is 0.275 e. The van der Waals surface area contributed by atoms with Gasteiger partial charge in [-0.1, -0.05) is 70.7 Å². The molecule has 3 nitrogen and oxygen atoms in total. The first-order valence-corrected chi connectivity index (χ1v) is 9.02. The van der Waals surface area contributed by atoms with Gasteiger partial charge in [0, 0.05) is 16.1 Å². The van der Waals surface area contributed by atoms with Crippen LogP contribution in [-0.4, -0.2) is 10.9 Å². The van der Waals surface area contributed by atoms with Crippen LogP contribution in [0.3, 0.4) is 0 Å². The van der Waals surface area contributed by atoms with E-state index in [1.165, 1.54) is 0 Å². The van der Waals surface area contributed by atoms with Crippen LogP contribution in [0.1, 0.15) is 10.5 Å². The van der Waals surface area contributed by atoms with Gasteiger partial charge in [0.15, 0.2) is 0 Å². The zero-order chi connectivity index (χ0) is 17.3. The van der Waals surface area contributed by atoms with Crippen molar-refractivity contribution in [3.8, 4) is 10.4 Å². The Labute approximate surface area is 162 Å². The number of carbonyl (C=O) groups is 1. The molecule has 1 N–H and O–H groups in total. The zero-order valence-electron chi connectivity index (χ0n) is 11.8. The third-order valence-electron chi connectivity index (χ3n) is 3.16. The Bertz CT molecular complexity index is 913. The molecule has 24 heavy (non-hydrogen) atoms. The summed E-state index contributed by atoms with van der Waals surface area (Å²) >= 11 is 25.4. The number of halogens is 4. The molecular weight excluding hydrogens is 410 g/mol. The molecule has 0 aliphatic rings. The summed E-state index contributed by atoms with van der Waals surface area (Å²) in [5.41, 5.74) is 1.44. The first-order chi connectivity index (χ1) is 11.5. The molecule has 0 atom stereocenters. The lowest BCUT2D eigenvalue weighted by Gasteiger charge is -2.11. The molecule has 0 saturated carbocycles. The Morgan fingerprint density at radius 2 is 1.71 bits per heavy atom. The highest BCUT2D eigenvalue weighted by Crippen LogP contribution is 2.37. The number of hydrogen-bond acceptors (Lipinski definition) is 3. The van der Waals surface area contributed by atoms with Crippen LogP contribution in [0.25, 0.3) is 10.4 Å². The lowest BCUT2D eigenvalue weighted by Crippen LogP contribution is -2.15. The Morgan fingerprint density at radius 3 is 2.42 bits per heavy atom. The number of para-hydroxylation sites is 1. The van der Waals surface area contributed by atoms with Crippen LogP contribution in [0.15, 0.2) is 41.8 Å². The lowest BCUT2D eigenvalue weighted by molar-refractivity contribution is 0.102. The topological polar surface area (TPSA) is 42.0 Å². The highest BCUT2D eigenvalue weighted by atomic mass is 35.5. The van der Waals surface area contributed by atoms with Gasteiger partial charge in [0.05, 0.1) is 15.1 Å². The van der Waals surface area contributed by atoms with Crippen molar-refractivity contribution in [2.24, 2.45) is 0 Å². The van der Waals surface area contributed by atoms with E-state index in [1.54, 1.807) is 17.4 Å². The summed E-state index contributed by atoms with van der Waals surface area (Å²) in [4.78, 5) is 17.5. The largest absolute Gasteiger partial charge is 0.320 e. The number of amides is 1. The van der Waals surface area contributed by atoms with Crippen LogP contribution in [0.4, 0.5) is 5.69 Å². The van der Waals surface area contributed by atoms with Gasteiger partial charge in [-0.15, -0.1) is 11.3 Å². The second-order valence-electron chi connectivity index (χ2n) is 4.67. The van der Waals surface area contributed by atoms with E-state index in [4.69, 9.17) is 46.4 Å². The molecule has 0 fully saturated rings. The highest BCUT2D eigenvalue weighted by molar-refractivity contribution is 7.13. The molecule has 122 valence electrons. The van der Waals surface area contributed by atoms with E-state index in [0.29, 0.717) is 5.69 Å². The minimum absolute atomic E-state index is 0.00461. The summed E-state index contributed by atoms with van der Waals surface area (Å²) in [7, 11) is 0. The van der Waals surface area contributed by atoms with Gasteiger partial charge in [0.2, 0.25) is 0 Å². The van der Waals surface area contributed by atoms with Crippen LogP contribution < -0.4 is 5.32 Å². The number of nitrogens with one attached hydrogen (secondary N) is 1. The van der Waals surface area contributed by atoms with Crippen molar-refractivity contribution in [3.05, 3.63) is 67.7 Å². The molecule has 8 heteroatoms. The van der Waals surface area contributed by atoms with E-state index in [-0.39, 0.29) is 25.9 Å². The van der Waals surface area contributed by atoms with Crippen LogP contribution in [-0.2, 0) is 0 Å². The lowest BCUT2D eigenvalue weighted by atomic mass is 10.1. The second kappa shape index (κ2) is 7.30. The first-order valence-electron chi connectivity index (χ1n) is 6.63. The average Bonchev–Trinajstić information content (AvgIpc) is 3.11. The fourth-order valence-electron chi connectivity index (χ4n) is 2.06. The van der Waals surface area contributed by atoms with Crippen LogP contribution in [0, 0.1) is 0 Å². The van der Waals surface area contributed by atoms with Crippen molar-refractivity contribution in [1.82, 2.24) is 4.98 Å². The molecule has 0 aliphatic carbocycles. The second-order valence-corrected chi connectivity index (χ2v) is 7.11. The van der Waals surface area contributed by atoms with E-state index in [0.717, 1.165) is 10.4 Å². The number of thiophene rings is 1. The summed E-state index contributed by atoms with van der Waals surface area (Å²) in [6.07, 6.45) is 0. The first kappa shape index (κ1) is 17.5. The molecular formula is C16H8Cl4N2OS. The fourth-order valence-corrected chi connectivity index (χ4v) is 3.64. The Kier molecular flexibility index (Phi) is 5.33. The van der Waals surface area contributed by atoms with Gasteiger partial charge in [-0.2, -0.15) is 0 Å². The summed E-state index contributed by atoms with van der Waals surface area (Å²) in [5, 5.41) is 4.64. The maximum atomic E-state index is 12.6. The van der Waals surface area contributed by atoms with Gasteiger partial charge < -0.3 is 5.32 Å². The van der Waals surface area contributed by atoms with E-state index in [9.17, 15) is 4.79 Å². The Hall–Kier alpha value is -1.30. The van der Waals surface area contributed by atoms with Crippen molar-refractivity contribution in [2.45, 2.75) is 0 Å². The third-order valence-corrected chi connectivity index (χ3v) is 5.74. The number of benzene rings is 1. The Morgan fingerprint density at radius 1 is 0.958 bits per heavy atom. The number of hydrogen-bond donors (Lipinski definition) is 1. The minimum Gasteiger partial charge on any atom is -0.320 e. The molecule has 0 unspecified atom stereocenters. The van der Waals surface area contributed by atoms with Crippen molar-refractivity contribution in [3.63, 3.8) is 0 Å². The molecule has 2 aromatic heterocycles. The molecule has 1 aromatic carbocycles. The molecule has 0 radical (unpaired) electrons. The number of aromatic nitrogens is 1. The summed E-state index contributed by atoms with van der Waals surface area (Å²) in [6, 6.07) is 11.3. The minimum atomic E-state index is -0.524. The van der Waals surface area contributed by atoms with Gasteiger partial charge in [0.25, 0.3) is 5.91 Å². The summed E-state index contributed by atoms with van der Waals surface area (Å²) in [5.74, 6) is -0.524. The predicted octanol–water partition coefficient (Wildman–Crippen LogP) is 6.68. The van der Waals surface area contributed by atoms with Crippen molar-refractivity contribution < 1.29 is 4.79 Å². The van der Waals surface area contributed by atoms with E-state index in [2.05, 4.69) is 10.3 Å². The SMILES string of the molecule is O=C(Nc1ccccc1-c1cccs1)c1nc(Cl)c(Cl)c(Cl)c1Cl.